The van der Waals surface area contributed by atoms with Crippen LogP contribution in [-0.4, -0.2) is 38.3 Å². The number of aromatic amines is 1. The van der Waals surface area contributed by atoms with E-state index in [4.69, 9.17) is 0 Å². The van der Waals surface area contributed by atoms with Crippen molar-refractivity contribution in [3.63, 3.8) is 0 Å². The molecular formula is C11H17N5S. The fourth-order valence-corrected chi connectivity index (χ4v) is 2.72. The number of imidazole rings is 1. The summed E-state index contributed by atoms with van der Waals surface area (Å²) in [4.78, 5) is 15.6. The molecule has 1 atom stereocenters. The Morgan fingerprint density at radius 1 is 1.41 bits per heavy atom. The lowest BCUT2D eigenvalue weighted by Gasteiger charge is -2.11. The Kier molecular flexibility index (Phi) is 4.33. The zero-order valence-electron chi connectivity index (χ0n) is 10.1. The van der Waals surface area contributed by atoms with Gasteiger partial charge in [0.05, 0.1) is 6.33 Å². The maximum absolute atomic E-state index is 4.28. The molecule has 5 nitrogen and oxygen atoms in total. The van der Waals surface area contributed by atoms with Crippen molar-refractivity contribution < 1.29 is 0 Å². The summed E-state index contributed by atoms with van der Waals surface area (Å²) in [6, 6.07) is 0.548. The molecular weight excluding hydrogens is 234 g/mol. The molecule has 1 unspecified atom stereocenters. The zero-order valence-corrected chi connectivity index (χ0v) is 10.9. The van der Waals surface area contributed by atoms with Crippen molar-refractivity contribution in [3.05, 3.63) is 12.7 Å². The van der Waals surface area contributed by atoms with E-state index in [1.165, 1.54) is 0 Å². The van der Waals surface area contributed by atoms with E-state index in [1.807, 2.05) is 0 Å². The average Bonchev–Trinajstić information content (AvgIpc) is 2.78. The molecule has 0 radical (unpaired) electrons. The highest BCUT2D eigenvalue weighted by Crippen LogP contribution is 2.22. The fraction of sp³-hybridized carbons (Fsp3) is 0.545. The van der Waals surface area contributed by atoms with E-state index in [0.717, 1.165) is 34.9 Å². The molecule has 6 heteroatoms. The number of H-pyrrole nitrogens is 1. The summed E-state index contributed by atoms with van der Waals surface area (Å²) in [6.45, 7) is 5.35. The topological polar surface area (TPSA) is 66.5 Å². The Morgan fingerprint density at radius 3 is 3.12 bits per heavy atom. The molecule has 2 N–H and O–H groups in total. The monoisotopic (exact) mass is 251 g/mol. The molecule has 0 spiro atoms. The minimum Gasteiger partial charge on any atom is -0.341 e. The first-order valence-electron chi connectivity index (χ1n) is 5.81. The summed E-state index contributed by atoms with van der Waals surface area (Å²) in [5.41, 5.74) is 1.68. The van der Waals surface area contributed by atoms with Crippen LogP contribution in [0.1, 0.15) is 20.3 Å². The third-order valence-electron chi connectivity index (χ3n) is 2.53. The number of aromatic nitrogens is 4. The molecule has 0 aromatic carbocycles. The van der Waals surface area contributed by atoms with E-state index >= 15 is 0 Å². The Balaban J connectivity index is 1.92. The normalized spacial score (nSPS) is 13.1. The molecule has 0 aliphatic heterocycles. The SMILES string of the molecule is CCNC(C)CCSc1ncnc2nc[nH]c12. The van der Waals surface area contributed by atoms with E-state index in [1.54, 1.807) is 24.4 Å². The van der Waals surface area contributed by atoms with Gasteiger partial charge < -0.3 is 10.3 Å². The molecule has 0 saturated carbocycles. The van der Waals surface area contributed by atoms with Gasteiger partial charge in [0.15, 0.2) is 5.65 Å². The Morgan fingerprint density at radius 2 is 2.29 bits per heavy atom. The molecule has 17 heavy (non-hydrogen) atoms. The van der Waals surface area contributed by atoms with Crippen LogP contribution in [0.4, 0.5) is 0 Å². The van der Waals surface area contributed by atoms with E-state index < -0.39 is 0 Å². The first-order chi connectivity index (χ1) is 8.31. The highest BCUT2D eigenvalue weighted by atomic mass is 32.2. The van der Waals surface area contributed by atoms with Crippen LogP contribution in [0.3, 0.4) is 0 Å². The smallest absolute Gasteiger partial charge is 0.181 e. The lowest BCUT2D eigenvalue weighted by atomic mass is 10.3. The summed E-state index contributed by atoms with van der Waals surface area (Å²) in [7, 11) is 0. The molecule has 0 fully saturated rings. The quantitative estimate of drug-likeness (QED) is 0.605. The summed E-state index contributed by atoms with van der Waals surface area (Å²) in [6.07, 6.45) is 4.35. The number of thioether (sulfide) groups is 1. The zero-order chi connectivity index (χ0) is 12.1. The number of hydrogen-bond donors (Lipinski definition) is 2. The highest BCUT2D eigenvalue weighted by molar-refractivity contribution is 7.99. The summed E-state index contributed by atoms with van der Waals surface area (Å²) in [5, 5.41) is 4.38. The molecule has 0 saturated heterocycles. The molecule has 2 aromatic heterocycles. The molecule has 2 aromatic rings. The molecule has 92 valence electrons. The largest absolute Gasteiger partial charge is 0.341 e. The first kappa shape index (κ1) is 12.3. The molecule has 0 aliphatic carbocycles. The number of hydrogen-bond acceptors (Lipinski definition) is 5. The predicted molar refractivity (Wildman–Crippen MR) is 70.2 cm³/mol. The van der Waals surface area contributed by atoms with Crippen LogP contribution in [0.15, 0.2) is 17.7 Å². The van der Waals surface area contributed by atoms with Crippen LogP contribution >= 0.6 is 11.8 Å². The number of nitrogens with one attached hydrogen (secondary N) is 2. The average molecular weight is 251 g/mol. The third kappa shape index (κ3) is 3.17. The van der Waals surface area contributed by atoms with Crippen LogP contribution in [0, 0.1) is 0 Å². The van der Waals surface area contributed by atoms with Gasteiger partial charge in [-0.3, -0.25) is 0 Å². The number of nitrogens with zero attached hydrogens (tertiary/aromatic N) is 3. The van der Waals surface area contributed by atoms with Gasteiger partial charge in [0.25, 0.3) is 0 Å². The predicted octanol–water partition coefficient (Wildman–Crippen LogP) is 1.83. The first-order valence-corrected chi connectivity index (χ1v) is 6.80. The molecule has 0 amide bonds. The molecule has 2 heterocycles. The second-order valence-corrected chi connectivity index (χ2v) is 4.96. The van der Waals surface area contributed by atoms with Gasteiger partial charge in [-0.2, -0.15) is 0 Å². The van der Waals surface area contributed by atoms with Gasteiger partial charge in [-0.1, -0.05) is 6.92 Å². The Labute approximate surface area is 105 Å². The number of fused-ring (bicyclic) bond motifs is 1. The van der Waals surface area contributed by atoms with Gasteiger partial charge in [-0.25, -0.2) is 15.0 Å². The van der Waals surface area contributed by atoms with Gasteiger partial charge >= 0.3 is 0 Å². The fourth-order valence-electron chi connectivity index (χ4n) is 1.64. The van der Waals surface area contributed by atoms with Crippen LogP contribution in [0.5, 0.6) is 0 Å². The van der Waals surface area contributed by atoms with Crippen molar-refractivity contribution in [3.8, 4) is 0 Å². The van der Waals surface area contributed by atoms with Crippen LogP contribution in [0.25, 0.3) is 11.2 Å². The number of rotatable bonds is 6. The minimum atomic E-state index is 0.548. The second-order valence-electron chi connectivity index (χ2n) is 3.88. The van der Waals surface area contributed by atoms with Crippen molar-refractivity contribution in [1.82, 2.24) is 25.3 Å². The molecule has 0 bridgehead atoms. The van der Waals surface area contributed by atoms with Crippen molar-refractivity contribution in [1.29, 1.82) is 0 Å². The van der Waals surface area contributed by atoms with E-state index in [0.29, 0.717) is 6.04 Å². The lowest BCUT2D eigenvalue weighted by molar-refractivity contribution is 0.556. The van der Waals surface area contributed by atoms with Crippen LogP contribution < -0.4 is 5.32 Å². The van der Waals surface area contributed by atoms with Gasteiger partial charge in [-0.05, 0) is 19.9 Å². The van der Waals surface area contributed by atoms with E-state index in [2.05, 4.69) is 39.1 Å². The summed E-state index contributed by atoms with van der Waals surface area (Å²) < 4.78 is 0. The van der Waals surface area contributed by atoms with Gasteiger partial charge in [0.2, 0.25) is 0 Å². The van der Waals surface area contributed by atoms with Crippen LogP contribution in [-0.2, 0) is 0 Å². The summed E-state index contributed by atoms with van der Waals surface area (Å²) in [5.74, 6) is 1.04. The Hall–Kier alpha value is -1.14. The minimum absolute atomic E-state index is 0.548. The highest BCUT2D eigenvalue weighted by Gasteiger charge is 2.07. The maximum atomic E-state index is 4.28. The van der Waals surface area contributed by atoms with Crippen molar-refractivity contribution in [2.24, 2.45) is 0 Å². The summed E-state index contributed by atoms with van der Waals surface area (Å²) >= 11 is 1.75. The van der Waals surface area contributed by atoms with Crippen molar-refractivity contribution in [2.45, 2.75) is 31.3 Å². The second kappa shape index (κ2) is 5.97. The lowest BCUT2D eigenvalue weighted by Crippen LogP contribution is -2.25. The molecule has 2 rings (SSSR count). The van der Waals surface area contributed by atoms with Crippen molar-refractivity contribution >= 4 is 22.9 Å². The van der Waals surface area contributed by atoms with Gasteiger partial charge in [0, 0.05) is 11.8 Å². The van der Waals surface area contributed by atoms with E-state index in [-0.39, 0.29) is 0 Å². The maximum Gasteiger partial charge on any atom is 0.181 e. The van der Waals surface area contributed by atoms with Crippen LogP contribution in [0.2, 0.25) is 0 Å². The molecule has 0 aliphatic rings. The van der Waals surface area contributed by atoms with Gasteiger partial charge in [0.1, 0.15) is 16.9 Å². The Bertz CT molecular complexity index is 470. The third-order valence-corrected chi connectivity index (χ3v) is 3.55. The standard InChI is InChI=1S/C11H17N5S/c1-3-12-8(2)4-5-17-11-9-10(14-6-13-9)15-7-16-11/h6-8,12H,3-5H2,1-2H3,(H,13,14,15,16). The van der Waals surface area contributed by atoms with Crippen molar-refractivity contribution in [2.75, 3.05) is 12.3 Å². The van der Waals surface area contributed by atoms with E-state index in [9.17, 15) is 0 Å². The van der Waals surface area contributed by atoms with Gasteiger partial charge in [-0.15, -0.1) is 11.8 Å².